The molecule has 0 aliphatic rings. The molecule has 0 unspecified atom stereocenters. The van der Waals surface area contributed by atoms with Gasteiger partial charge in [-0.05, 0) is 12.3 Å². The van der Waals surface area contributed by atoms with E-state index in [9.17, 15) is 4.79 Å². The van der Waals surface area contributed by atoms with Gasteiger partial charge < -0.3 is 4.84 Å². The summed E-state index contributed by atoms with van der Waals surface area (Å²) < 4.78 is 0. The summed E-state index contributed by atoms with van der Waals surface area (Å²) in [7, 11) is 0. The third kappa shape index (κ3) is 2.59. The van der Waals surface area contributed by atoms with E-state index in [0.29, 0.717) is 10.5 Å². The van der Waals surface area contributed by atoms with E-state index in [4.69, 9.17) is 11.2 Å². The van der Waals surface area contributed by atoms with Gasteiger partial charge in [-0.3, -0.25) is 4.98 Å². The summed E-state index contributed by atoms with van der Waals surface area (Å²) in [6.07, 6.45) is 4.92. The van der Waals surface area contributed by atoms with Crippen molar-refractivity contribution >= 4 is 22.6 Å². The first-order chi connectivity index (χ1) is 7.74. The molecule has 0 radical (unpaired) electrons. The predicted molar refractivity (Wildman–Crippen MR) is 60.6 cm³/mol. The molecule has 1 aromatic rings. The van der Waals surface area contributed by atoms with Crippen molar-refractivity contribution in [3.05, 3.63) is 35.7 Å². The van der Waals surface area contributed by atoms with Crippen LogP contribution in [0.15, 0.2) is 30.1 Å². The first-order valence-electron chi connectivity index (χ1n) is 4.24. The number of carbonyl (C=O) groups is 1. The van der Waals surface area contributed by atoms with Crippen LogP contribution in [-0.4, -0.2) is 17.2 Å². The SMILES string of the molecule is CSC(=C(C#N)C(=O)ON)c1cccnc1. The summed E-state index contributed by atoms with van der Waals surface area (Å²) in [4.78, 5) is 19.7. The van der Waals surface area contributed by atoms with Crippen molar-refractivity contribution in [3.63, 3.8) is 0 Å². The first kappa shape index (κ1) is 12.2. The second kappa shape index (κ2) is 5.90. The molecule has 0 saturated carbocycles. The minimum absolute atomic E-state index is 0.122. The fraction of sp³-hybridized carbons (Fsp3) is 0.100. The van der Waals surface area contributed by atoms with Crippen LogP contribution in [0.1, 0.15) is 5.56 Å². The number of hydrogen-bond acceptors (Lipinski definition) is 6. The zero-order valence-electron chi connectivity index (χ0n) is 8.51. The van der Waals surface area contributed by atoms with Crippen molar-refractivity contribution in [2.45, 2.75) is 0 Å². The fourth-order valence-corrected chi connectivity index (χ4v) is 1.80. The molecule has 82 valence electrons. The van der Waals surface area contributed by atoms with Gasteiger partial charge in [0.2, 0.25) is 0 Å². The number of nitrogens with two attached hydrogens (primary N) is 1. The summed E-state index contributed by atoms with van der Waals surface area (Å²) in [6, 6.07) is 5.25. The average molecular weight is 235 g/mol. The maximum absolute atomic E-state index is 11.3. The number of carbonyl (C=O) groups excluding carboxylic acids is 1. The first-order valence-corrected chi connectivity index (χ1v) is 5.47. The van der Waals surface area contributed by atoms with E-state index < -0.39 is 5.97 Å². The highest BCUT2D eigenvalue weighted by Gasteiger charge is 2.17. The van der Waals surface area contributed by atoms with Crippen molar-refractivity contribution in [2.75, 3.05) is 6.26 Å². The molecule has 0 aliphatic heterocycles. The van der Waals surface area contributed by atoms with Crippen LogP contribution in [-0.2, 0) is 9.63 Å². The van der Waals surface area contributed by atoms with Gasteiger partial charge in [0.15, 0.2) is 5.57 Å². The average Bonchev–Trinajstić information content (AvgIpc) is 2.36. The molecule has 1 aromatic heterocycles. The molecule has 1 heterocycles. The summed E-state index contributed by atoms with van der Waals surface area (Å²) in [5.74, 6) is 3.91. The molecule has 0 amide bonds. The number of aromatic nitrogens is 1. The third-order valence-corrected chi connectivity index (χ3v) is 2.63. The zero-order valence-corrected chi connectivity index (χ0v) is 9.32. The van der Waals surface area contributed by atoms with Crippen LogP contribution in [0, 0.1) is 11.3 Å². The van der Waals surface area contributed by atoms with E-state index in [1.54, 1.807) is 36.9 Å². The maximum atomic E-state index is 11.3. The molecule has 0 fully saturated rings. The van der Waals surface area contributed by atoms with Crippen molar-refractivity contribution < 1.29 is 9.63 Å². The molecule has 5 nitrogen and oxygen atoms in total. The van der Waals surface area contributed by atoms with Crippen LogP contribution >= 0.6 is 11.8 Å². The predicted octanol–water partition coefficient (Wildman–Crippen LogP) is 1.10. The van der Waals surface area contributed by atoms with Crippen LogP contribution in [0.25, 0.3) is 4.91 Å². The van der Waals surface area contributed by atoms with Crippen molar-refractivity contribution in [2.24, 2.45) is 5.90 Å². The number of thioether (sulfide) groups is 1. The van der Waals surface area contributed by atoms with Crippen LogP contribution < -0.4 is 5.90 Å². The Hall–Kier alpha value is -1.84. The van der Waals surface area contributed by atoms with Crippen LogP contribution in [0.2, 0.25) is 0 Å². The van der Waals surface area contributed by atoms with Gasteiger partial charge >= 0.3 is 5.97 Å². The molecule has 0 spiro atoms. The number of pyridine rings is 1. The largest absolute Gasteiger partial charge is 0.369 e. The topological polar surface area (TPSA) is 89.0 Å². The number of nitriles is 1. The molecule has 0 bridgehead atoms. The Labute approximate surface area is 96.9 Å². The molecule has 6 heteroatoms. The molecule has 2 N–H and O–H groups in total. The van der Waals surface area contributed by atoms with E-state index in [1.807, 2.05) is 0 Å². The fourth-order valence-electron chi connectivity index (χ4n) is 1.11. The Kier molecular flexibility index (Phi) is 4.51. The van der Waals surface area contributed by atoms with Gasteiger partial charge in [-0.2, -0.15) is 11.2 Å². The monoisotopic (exact) mass is 235 g/mol. The van der Waals surface area contributed by atoms with E-state index in [1.165, 1.54) is 11.8 Å². The third-order valence-electron chi connectivity index (χ3n) is 1.78. The highest BCUT2D eigenvalue weighted by Crippen LogP contribution is 2.28. The molecular weight excluding hydrogens is 226 g/mol. The van der Waals surface area contributed by atoms with Gasteiger partial charge in [-0.25, -0.2) is 4.79 Å². The van der Waals surface area contributed by atoms with E-state index >= 15 is 0 Å². The second-order valence-electron chi connectivity index (χ2n) is 2.67. The van der Waals surface area contributed by atoms with Gasteiger partial charge in [0.05, 0.1) is 0 Å². The van der Waals surface area contributed by atoms with Gasteiger partial charge in [0.25, 0.3) is 0 Å². The Morgan fingerprint density at radius 3 is 2.88 bits per heavy atom. The van der Waals surface area contributed by atoms with Crippen LogP contribution in [0.3, 0.4) is 0 Å². The molecule has 0 atom stereocenters. The highest BCUT2D eigenvalue weighted by molar-refractivity contribution is 8.07. The Bertz CT molecular complexity index is 451. The van der Waals surface area contributed by atoms with Gasteiger partial charge in [0.1, 0.15) is 6.07 Å². The van der Waals surface area contributed by atoms with Gasteiger partial charge in [0, 0.05) is 22.9 Å². The summed E-state index contributed by atoms with van der Waals surface area (Å²) in [6.45, 7) is 0. The Morgan fingerprint density at radius 2 is 2.44 bits per heavy atom. The minimum atomic E-state index is -0.851. The summed E-state index contributed by atoms with van der Waals surface area (Å²) in [5, 5.41) is 8.89. The van der Waals surface area contributed by atoms with E-state index in [0.717, 1.165) is 0 Å². The molecule has 0 aliphatic carbocycles. The molecule has 1 rings (SSSR count). The lowest BCUT2D eigenvalue weighted by Crippen LogP contribution is -2.12. The molecular formula is C10H9N3O2S. The number of rotatable bonds is 3. The van der Waals surface area contributed by atoms with Crippen molar-refractivity contribution in [1.82, 2.24) is 4.98 Å². The summed E-state index contributed by atoms with van der Waals surface area (Å²) in [5.41, 5.74) is 0.556. The van der Waals surface area contributed by atoms with Gasteiger partial charge in [-0.1, -0.05) is 6.07 Å². The lowest BCUT2D eigenvalue weighted by Gasteiger charge is -2.05. The Balaban J connectivity index is 3.29. The van der Waals surface area contributed by atoms with E-state index in [2.05, 4.69) is 9.82 Å². The van der Waals surface area contributed by atoms with Crippen LogP contribution in [0.5, 0.6) is 0 Å². The second-order valence-corrected chi connectivity index (χ2v) is 3.48. The van der Waals surface area contributed by atoms with Crippen LogP contribution in [0.4, 0.5) is 0 Å². The lowest BCUT2D eigenvalue weighted by atomic mass is 10.2. The minimum Gasteiger partial charge on any atom is -0.369 e. The Morgan fingerprint density at radius 1 is 1.69 bits per heavy atom. The number of hydrogen-bond donors (Lipinski definition) is 1. The zero-order chi connectivity index (χ0) is 12.0. The molecule has 16 heavy (non-hydrogen) atoms. The van der Waals surface area contributed by atoms with E-state index in [-0.39, 0.29) is 5.57 Å². The number of nitrogens with zero attached hydrogens (tertiary/aromatic N) is 2. The normalized spacial score (nSPS) is 11.3. The quantitative estimate of drug-likeness (QED) is 0.479. The standard InChI is InChI=1S/C10H9N3O2S/c1-16-9(7-3-2-4-13-6-7)8(5-11)10(14)15-12/h2-4,6H,12H2,1H3. The maximum Gasteiger partial charge on any atom is 0.368 e. The van der Waals surface area contributed by atoms with Gasteiger partial charge in [-0.15, -0.1) is 11.8 Å². The molecule has 0 aromatic carbocycles. The van der Waals surface area contributed by atoms with Crippen molar-refractivity contribution in [3.8, 4) is 6.07 Å². The molecule has 0 saturated heterocycles. The highest BCUT2D eigenvalue weighted by atomic mass is 32.2. The lowest BCUT2D eigenvalue weighted by molar-refractivity contribution is -0.138. The smallest absolute Gasteiger partial charge is 0.368 e. The summed E-state index contributed by atoms with van der Waals surface area (Å²) >= 11 is 1.26. The van der Waals surface area contributed by atoms with Crippen molar-refractivity contribution in [1.29, 1.82) is 5.26 Å².